The lowest BCUT2D eigenvalue weighted by molar-refractivity contribution is -0.383. The van der Waals surface area contributed by atoms with E-state index in [-0.39, 0.29) is 16.8 Å². The van der Waals surface area contributed by atoms with Crippen LogP contribution in [-0.4, -0.2) is 35.5 Å². The second-order valence-corrected chi connectivity index (χ2v) is 5.18. The minimum atomic E-state index is -0.426. The second kappa shape index (κ2) is 6.21. The Morgan fingerprint density at radius 3 is 3.05 bits per heavy atom. The summed E-state index contributed by atoms with van der Waals surface area (Å²) < 4.78 is 0. The van der Waals surface area contributed by atoms with Crippen LogP contribution in [0.2, 0.25) is 5.02 Å². The van der Waals surface area contributed by atoms with Gasteiger partial charge in [0, 0.05) is 12.6 Å². The molecule has 2 rings (SSSR count). The highest BCUT2D eigenvalue weighted by Crippen LogP contribution is 2.33. The summed E-state index contributed by atoms with van der Waals surface area (Å²) in [6.07, 6.45) is 2.14. The lowest BCUT2D eigenvalue weighted by Crippen LogP contribution is -2.41. The number of benzene rings is 1. The Balaban J connectivity index is 2.14. The van der Waals surface area contributed by atoms with Crippen molar-refractivity contribution in [3.05, 3.63) is 33.3 Å². The number of hydrogen-bond acceptors (Lipinski definition) is 4. The van der Waals surface area contributed by atoms with Gasteiger partial charge >= 0.3 is 5.69 Å². The van der Waals surface area contributed by atoms with Crippen molar-refractivity contribution in [3.8, 4) is 0 Å². The van der Waals surface area contributed by atoms with Gasteiger partial charge in [-0.25, -0.2) is 0 Å². The van der Waals surface area contributed by atoms with Gasteiger partial charge < -0.3 is 10.2 Å². The molecule has 1 N–H and O–H groups in total. The lowest BCUT2D eigenvalue weighted by Gasteiger charge is -2.32. The van der Waals surface area contributed by atoms with Crippen LogP contribution < -0.4 is 5.32 Å². The van der Waals surface area contributed by atoms with Gasteiger partial charge in [0.15, 0.2) is 0 Å². The maximum Gasteiger partial charge on any atom is 0.310 e. The Hall–Kier alpha value is -1.33. The molecule has 0 bridgehead atoms. The van der Waals surface area contributed by atoms with Crippen molar-refractivity contribution in [1.82, 2.24) is 4.90 Å². The number of halogens is 1. The van der Waals surface area contributed by atoms with Crippen LogP contribution in [-0.2, 0) is 0 Å². The van der Waals surface area contributed by atoms with Crippen LogP contribution in [0.1, 0.15) is 19.8 Å². The van der Waals surface area contributed by atoms with Crippen molar-refractivity contribution in [2.45, 2.75) is 25.8 Å². The molecule has 1 fully saturated rings. The van der Waals surface area contributed by atoms with Gasteiger partial charge in [-0.2, -0.15) is 0 Å². The van der Waals surface area contributed by atoms with Gasteiger partial charge in [0.25, 0.3) is 0 Å². The van der Waals surface area contributed by atoms with Gasteiger partial charge in [0.1, 0.15) is 10.7 Å². The number of rotatable bonds is 4. The van der Waals surface area contributed by atoms with E-state index in [2.05, 4.69) is 17.1 Å². The second-order valence-electron chi connectivity index (χ2n) is 4.77. The maximum atomic E-state index is 11.1. The molecular formula is C13H18ClN3O2. The van der Waals surface area contributed by atoms with E-state index in [1.165, 1.54) is 0 Å². The van der Waals surface area contributed by atoms with Gasteiger partial charge in [0.05, 0.1) is 4.92 Å². The predicted octanol–water partition coefficient (Wildman–Crippen LogP) is 3.14. The molecule has 1 aromatic rings. The Labute approximate surface area is 117 Å². The van der Waals surface area contributed by atoms with E-state index in [9.17, 15) is 10.1 Å². The van der Waals surface area contributed by atoms with Crippen LogP contribution in [0.4, 0.5) is 11.4 Å². The predicted molar refractivity (Wildman–Crippen MR) is 76.9 cm³/mol. The van der Waals surface area contributed by atoms with Crippen molar-refractivity contribution in [1.29, 1.82) is 0 Å². The fraction of sp³-hybridized carbons (Fsp3) is 0.538. The molecule has 0 aliphatic carbocycles. The zero-order valence-electron chi connectivity index (χ0n) is 10.9. The van der Waals surface area contributed by atoms with Crippen LogP contribution >= 0.6 is 11.6 Å². The average molecular weight is 284 g/mol. The molecule has 1 unspecified atom stereocenters. The summed E-state index contributed by atoms with van der Waals surface area (Å²) in [5.74, 6) is 0. The molecule has 0 saturated carbocycles. The molecule has 1 aliphatic rings. The summed E-state index contributed by atoms with van der Waals surface area (Å²) in [5, 5.41) is 14.5. The van der Waals surface area contributed by atoms with Crippen molar-refractivity contribution in [2.75, 3.05) is 25.0 Å². The molecule has 5 nitrogen and oxygen atoms in total. The van der Waals surface area contributed by atoms with Crippen molar-refractivity contribution < 1.29 is 4.92 Å². The highest BCUT2D eigenvalue weighted by atomic mass is 35.5. The zero-order valence-corrected chi connectivity index (χ0v) is 11.7. The zero-order chi connectivity index (χ0) is 13.8. The van der Waals surface area contributed by atoms with Crippen LogP contribution in [0.5, 0.6) is 0 Å². The number of hydrogen-bond donors (Lipinski definition) is 1. The molecular weight excluding hydrogens is 266 g/mol. The fourth-order valence-electron chi connectivity index (χ4n) is 2.50. The summed E-state index contributed by atoms with van der Waals surface area (Å²) >= 11 is 5.91. The smallest absolute Gasteiger partial charge is 0.310 e. The number of likely N-dealkylation sites (N-methyl/N-ethyl adjacent to an activating group) is 1. The van der Waals surface area contributed by atoms with Crippen molar-refractivity contribution in [3.63, 3.8) is 0 Å². The van der Waals surface area contributed by atoms with E-state index in [4.69, 9.17) is 11.6 Å². The van der Waals surface area contributed by atoms with E-state index < -0.39 is 4.92 Å². The molecule has 19 heavy (non-hydrogen) atoms. The lowest BCUT2D eigenvalue weighted by atomic mass is 10.1. The molecule has 104 valence electrons. The minimum Gasteiger partial charge on any atom is -0.375 e. The molecule has 1 atom stereocenters. The Morgan fingerprint density at radius 1 is 1.58 bits per heavy atom. The summed E-state index contributed by atoms with van der Waals surface area (Å²) in [6, 6.07) is 5.24. The van der Waals surface area contributed by atoms with Gasteiger partial charge in [0.2, 0.25) is 0 Å². The third kappa shape index (κ3) is 3.36. The van der Waals surface area contributed by atoms with Crippen molar-refractivity contribution >= 4 is 23.0 Å². The Bertz CT molecular complexity index is 467. The molecule has 0 amide bonds. The summed E-state index contributed by atoms with van der Waals surface area (Å²) in [4.78, 5) is 13.0. The third-order valence-electron chi connectivity index (χ3n) is 3.48. The Morgan fingerprint density at radius 2 is 2.37 bits per heavy atom. The van der Waals surface area contributed by atoms with Crippen LogP contribution in [0.3, 0.4) is 0 Å². The molecule has 1 aliphatic heterocycles. The summed E-state index contributed by atoms with van der Waals surface area (Å²) in [7, 11) is 0. The van der Waals surface area contributed by atoms with Crippen LogP contribution in [0.25, 0.3) is 0 Å². The number of para-hydroxylation sites is 1. The largest absolute Gasteiger partial charge is 0.375 e. The summed E-state index contributed by atoms with van der Waals surface area (Å²) in [6.45, 7) is 5.16. The standard InChI is InChI=1S/C13H18ClN3O2/c1-2-16-8-4-5-10(9-16)15-12-7-3-6-11(14)13(12)17(18)19/h3,6-7,10,15H,2,4-5,8-9H2,1H3. The fourth-order valence-corrected chi connectivity index (χ4v) is 2.74. The minimum absolute atomic E-state index is 0.0298. The number of piperidine rings is 1. The first-order chi connectivity index (χ1) is 9.11. The van der Waals surface area contributed by atoms with Gasteiger partial charge in [-0.3, -0.25) is 10.1 Å². The number of anilines is 1. The molecule has 0 aromatic heterocycles. The van der Waals surface area contributed by atoms with E-state index in [1.54, 1.807) is 18.2 Å². The first-order valence-electron chi connectivity index (χ1n) is 6.53. The monoisotopic (exact) mass is 283 g/mol. The number of likely N-dealkylation sites (tertiary alicyclic amines) is 1. The topological polar surface area (TPSA) is 58.4 Å². The van der Waals surface area contributed by atoms with Gasteiger partial charge in [-0.15, -0.1) is 0 Å². The molecule has 6 heteroatoms. The quantitative estimate of drug-likeness (QED) is 0.681. The first-order valence-corrected chi connectivity index (χ1v) is 6.91. The number of nitro groups is 1. The normalized spacial score (nSPS) is 20.2. The molecule has 1 aromatic carbocycles. The molecule has 0 radical (unpaired) electrons. The third-order valence-corrected chi connectivity index (χ3v) is 3.79. The number of nitro benzene ring substituents is 1. The summed E-state index contributed by atoms with van der Waals surface area (Å²) in [5.41, 5.74) is 0.484. The maximum absolute atomic E-state index is 11.1. The molecule has 1 heterocycles. The SMILES string of the molecule is CCN1CCCC(Nc2cccc(Cl)c2[N+](=O)[O-])C1. The van der Waals surface area contributed by atoms with E-state index in [0.717, 1.165) is 32.5 Å². The van der Waals surface area contributed by atoms with Gasteiger partial charge in [-0.05, 0) is 38.1 Å². The van der Waals surface area contributed by atoms with E-state index in [0.29, 0.717) is 5.69 Å². The van der Waals surface area contributed by atoms with Crippen LogP contribution in [0, 0.1) is 10.1 Å². The van der Waals surface area contributed by atoms with Crippen molar-refractivity contribution in [2.24, 2.45) is 0 Å². The first kappa shape index (κ1) is 14.1. The number of nitrogens with one attached hydrogen (secondary N) is 1. The highest BCUT2D eigenvalue weighted by molar-refractivity contribution is 6.33. The van der Waals surface area contributed by atoms with E-state index >= 15 is 0 Å². The molecule has 0 spiro atoms. The van der Waals surface area contributed by atoms with Gasteiger partial charge in [-0.1, -0.05) is 24.6 Å². The van der Waals surface area contributed by atoms with Crippen LogP contribution in [0.15, 0.2) is 18.2 Å². The van der Waals surface area contributed by atoms with E-state index in [1.807, 2.05) is 0 Å². The highest BCUT2D eigenvalue weighted by Gasteiger charge is 2.23. The number of nitrogens with zero attached hydrogens (tertiary/aromatic N) is 2. The average Bonchev–Trinajstić information content (AvgIpc) is 2.38. The Kier molecular flexibility index (Phi) is 4.61. The molecule has 1 saturated heterocycles.